The molecule has 2 fully saturated rings. The quantitative estimate of drug-likeness (QED) is 0.0174. The number of benzene rings is 6. The van der Waals surface area contributed by atoms with Crippen LogP contribution in [0.4, 0.5) is 0 Å². The van der Waals surface area contributed by atoms with Gasteiger partial charge in [-0.1, -0.05) is 155 Å². The highest BCUT2D eigenvalue weighted by Gasteiger charge is 2.28. The molecule has 6 aromatic heterocycles. The van der Waals surface area contributed by atoms with Crippen molar-refractivity contribution >= 4 is 95.7 Å². The van der Waals surface area contributed by atoms with E-state index in [1.807, 2.05) is 60.7 Å². The fourth-order valence-corrected chi connectivity index (χ4v) is 15.4. The van der Waals surface area contributed by atoms with E-state index >= 15 is 0 Å². The summed E-state index contributed by atoms with van der Waals surface area (Å²) in [7, 11) is 0. The molecule has 2 saturated carbocycles. The number of hydrogen-bond donors (Lipinski definition) is 7. The maximum atomic E-state index is 11.1. The van der Waals surface area contributed by atoms with Crippen LogP contribution in [0, 0.1) is 0 Å². The molecule has 0 radical (unpaired) electrons. The third-order valence-corrected chi connectivity index (χ3v) is 21.8. The molecule has 7 N–H and O–H groups in total. The lowest BCUT2D eigenvalue weighted by Crippen LogP contribution is -2.09. The maximum Gasteiger partial charge on any atom is 0.158 e. The lowest BCUT2D eigenvalue weighted by Gasteiger charge is -2.16. The van der Waals surface area contributed by atoms with E-state index in [4.69, 9.17) is 52.1 Å². The van der Waals surface area contributed by atoms with Crippen LogP contribution in [-0.4, -0.2) is 146 Å². The predicted molar refractivity (Wildman–Crippen MR) is 459 cm³/mol. The monoisotopic (exact) mass is 1600 g/mol. The number of aromatic amines is 2. The lowest BCUT2D eigenvalue weighted by molar-refractivity contribution is -0.122. The van der Waals surface area contributed by atoms with Crippen LogP contribution in [0.15, 0.2) is 158 Å². The first-order valence-electron chi connectivity index (χ1n) is 42.3. The van der Waals surface area contributed by atoms with Gasteiger partial charge < -0.3 is 44.6 Å². The lowest BCUT2D eigenvalue weighted by atomic mass is 10.1. The van der Waals surface area contributed by atoms with Crippen molar-refractivity contribution in [1.82, 2.24) is 58.6 Å². The van der Waals surface area contributed by atoms with E-state index < -0.39 is 0 Å². The van der Waals surface area contributed by atoms with Crippen molar-refractivity contribution in [2.45, 2.75) is 243 Å². The van der Waals surface area contributed by atoms with Crippen LogP contribution in [0.3, 0.4) is 0 Å². The van der Waals surface area contributed by atoms with Crippen molar-refractivity contribution in [2.75, 3.05) is 33.0 Å². The van der Waals surface area contributed by atoms with E-state index in [-0.39, 0.29) is 62.0 Å². The van der Waals surface area contributed by atoms with E-state index in [0.29, 0.717) is 49.2 Å². The minimum absolute atomic E-state index is 0.0435. The van der Waals surface area contributed by atoms with Crippen LogP contribution >= 0.6 is 11.6 Å². The number of aliphatic hydroxyl groups is 5. The Morgan fingerprint density at radius 3 is 1.22 bits per heavy atom. The van der Waals surface area contributed by atoms with Gasteiger partial charge in [-0.15, -0.1) is 0 Å². The van der Waals surface area contributed by atoms with E-state index in [2.05, 4.69) is 122 Å². The van der Waals surface area contributed by atoms with Crippen molar-refractivity contribution < 1.29 is 49.5 Å². The number of halogens is 1. The number of aliphatic hydroxyl groups excluding tert-OH is 5. The number of ketones is 5. The summed E-state index contributed by atoms with van der Waals surface area (Å²) in [5.74, 6) is 5.18. The molecule has 0 amide bonds. The molecule has 0 atom stereocenters. The number of unbranched alkanes of at least 4 members (excludes halogenated alkanes) is 15. The topological polar surface area (TPSA) is 323 Å². The molecule has 6 aromatic carbocycles. The molecule has 12 aromatic rings. The Labute approximate surface area is 685 Å². The Bertz CT molecular complexity index is 4980. The highest BCUT2D eigenvalue weighted by Crippen LogP contribution is 2.39. The minimum atomic E-state index is -0.337. The van der Waals surface area contributed by atoms with Gasteiger partial charge in [-0.05, 0) is 168 Å². The number of fused-ring (bicyclic) bond motifs is 5. The summed E-state index contributed by atoms with van der Waals surface area (Å²) in [6.07, 6.45) is 40.3. The zero-order chi connectivity index (χ0) is 81.5. The van der Waals surface area contributed by atoms with Crippen molar-refractivity contribution in [1.29, 1.82) is 0 Å². The second kappa shape index (κ2) is 48.7. The summed E-state index contributed by atoms with van der Waals surface area (Å²) in [4.78, 5) is 93.6. The van der Waals surface area contributed by atoms with Crippen LogP contribution in [0.1, 0.15) is 240 Å². The zero-order valence-corrected chi connectivity index (χ0v) is 68.0. The van der Waals surface area contributed by atoms with Crippen molar-refractivity contribution in [3.63, 3.8) is 0 Å². The third kappa shape index (κ3) is 28.0. The van der Waals surface area contributed by atoms with Gasteiger partial charge in [0.2, 0.25) is 0 Å². The number of rotatable bonds is 44. The number of nitrogens with zero attached hydrogens (tertiary/aromatic N) is 10. The molecule has 0 bridgehead atoms. The number of carbonyl (C=O) groups excluding carboxylic acids is 5. The van der Waals surface area contributed by atoms with Gasteiger partial charge in [-0.3, -0.25) is 28.5 Å². The summed E-state index contributed by atoms with van der Waals surface area (Å²) >= 11 is 6.08. The fraction of sp³-hybridized carbons (Fsp3) is 0.462. The molecule has 0 unspecified atom stereocenters. The Kier molecular flexibility index (Phi) is 37.1. The molecule has 2 aliphatic carbocycles. The number of Topliss-reactive ketones (excluding diaryl/α,β-unsaturated/α-hetero) is 5. The molecule has 22 nitrogen and oxygen atoms in total. The molecule has 0 saturated heterocycles. The average Bonchev–Trinajstić information content (AvgIpc) is 1.63. The summed E-state index contributed by atoms with van der Waals surface area (Å²) in [5, 5.41) is 44.1. The molecule has 0 aliphatic heterocycles. The molecule has 116 heavy (non-hydrogen) atoms. The summed E-state index contributed by atoms with van der Waals surface area (Å²) in [5.41, 5.74) is 13.9. The Hall–Kier alpha value is -9.81. The SMILES string of the molecule is O=C(CO)CCCCCCc1nc2c(Cl)cccc2[nH]1.O=C(CO)CCCCCCc1nc2ccc(-c3cncnc3)cc2[nH]1.O=C(CO)CCCCCCc1nc2ccccc2n1-c1ccccc1.O=C(CO)CCCCCCc1nc2ccccc2n1C1CC1.O=C(CO)CCCCCCc1nc2ccccc2n1C1CCCC1. The number of hydrogen-bond acceptors (Lipinski definition) is 17. The number of imidazole rings is 5. The van der Waals surface area contributed by atoms with E-state index in [0.717, 1.165) is 239 Å². The number of aryl methyl sites for hydroxylation is 5. The second-order valence-corrected chi connectivity index (χ2v) is 31.0. The largest absolute Gasteiger partial charge is 0.389 e. The van der Waals surface area contributed by atoms with Crippen LogP contribution < -0.4 is 0 Å². The number of nitrogens with one attached hydrogen (secondary N) is 2. The Morgan fingerprint density at radius 1 is 0.362 bits per heavy atom. The summed E-state index contributed by atoms with van der Waals surface area (Å²) in [6, 6.07) is 48.6. The molecular formula is C93H117ClN12O10. The van der Waals surface area contributed by atoms with Gasteiger partial charge in [0.05, 0.1) is 54.7 Å². The highest BCUT2D eigenvalue weighted by atomic mass is 35.5. The predicted octanol–water partition coefficient (Wildman–Crippen LogP) is 18.1. The molecule has 23 heteroatoms. The van der Waals surface area contributed by atoms with Gasteiger partial charge in [0, 0.05) is 99.9 Å². The van der Waals surface area contributed by atoms with Gasteiger partial charge in [0.25, 0.3) is 0 Å². The zero-order valence-electron chi connectivity index (χ0n) is 67.3. The molecule has 0 spiro atoms. The van der Waals surface area contributed by atoms with Gasteiger partial charge >= 0.3 is 0 Å². The van der Waals surface area contributed by atoms with Crippen molar-refractivity contribution in [3.05, 3.63) is 192 Å². The second-order valence-electron chi connectivity index (χ2n) is 30.5. The molecular weight excluding hydrogens is 1480 g/mol. The van der Waals surface area contributed by atoms with Gasteiger partial charge in [0.15, 0.2) is 28.9 Å². The fourth-order valence-electron chi connectivity index (χ4n) is 15.1. The first-order chi connectivity index (χ1) is 56.8. The van der Waals surface area contributed by atoms with E-state index in [9.17, 15) is 24.0 Å². The van der Waals surface area contributed by atoms with Crippen LogP contribution in [0.5, 0.6) is 0 Å². The Morgan fingerprint density at radius 2 is 0.759 bits per heavy atom. The average molecular weight is 1600 g/mol. The third-order valence-electron chi connectivity index (χ3n) is 21.5. The molecule has 6 heterocycles. The highest BCUT2D eigenvalue weighted by molar-refractivity contribution is 6.34. The van der Waals surface area contributed by atoms with E-state index in [1.165, 1.54) is 67.5 Å². The summed E-state index contributed by atoms with van der Waals surface area (Å²) in [6.45, 7) is -1.63. The number of H-pyrrole nitrogens is 2. The molecule has 616 valence electrons. The number of para-hydroxylation sites is 8. The van der Waals surface area contributed by atoms with Crippen LogP contribution in [-0.2, 0) is 56.1 Å². The van der Waals surface area contributed by atoms with Gasteiger partial charge in [-0.2, -0.15) is 0 Å². The number of carbonyl (C=O) groups is 5. The maximum absolute atomic E-state index is 11.1. The van der Waals surface area contributed by atoms with Gasteiger partial charge in [-0.25, -0.2) is 34.9 Å². The standard InChI is InChI=1S/C21H24N2O2.C20H28N2O2.C19H22N4O2.C18H24N2O2.C15H19ClN2O2/c24-16-18(25)12-6-1-2-7-15-21-22-19-13-8-9-14-20(19)23(21)17-10-4-3-5-11-17;23-15-17(24)11-3-1-2-4-14-20-21-18-12-7-8-13-19(18)22(20)16-9-5-6-10-16;24-12-16(25)5-3-1-2-4-6-19-22-17-8-7-14(9-18(17)23-19)15-10-20-13-21-11-15;21-13-15(22)7-3-1-2-4-10-18-19-16-8-5-6-9-17(16)20(18)14-11-12-14;16-12-7-5-8-13-15(12)18-14(17-13)9-4-2-1-3-6-11(20)10-19/h3-5,8-11,13-14,24H,1-2,6-7,12,15-16H2;7-8,12-13,16,23H,1-6,9-11,14-15H2;7-11,13,24H,1-6,12H2,(H,22,23);5-6,8-9,14,21H,1-4,7,10-13H2;5,7-8,19H,1-4,6,9-10H2,(H,17,18). The first-order valence-corrected chi connectivity index (χ1v) is 42.7. The Balaban J connectivity index is 0.000000153. The smallest absolute Gasteiger partial charge is 0.158 e. The number of aromatic nitrogens is 12. The van der Waals surface area contributed by atoms with Gasteiger partial charge in [0.1, 0.15) is 74.0 Å². The summed E-state index contributed by atoms with van der Waals surface area (Å²) < 4.78 is 7.17. The minimum Gasteiger partial charge on any atom is -0.389 e. The van der Waals surface area contributed by atoms with Crippen molar-refractivity contribution in [2.24, 2.45) is 0 Å². The van der Waals surface area contributed by atoms with E-state index in [1.54, 1.807) is 12.4 Å². The van der Waals surface area contributed by atoms with Crippen LogP contribution in [0.25, 0.3) is 72.0 Å². The van der Waals surface area contributed by atoms with Crippen LogP contribution in [0.2, 0.25) is 5.02 Å². The molecule has 2 aliphatic rings. The molecule has 14 rings (SSSR count). The van der Waals surface area contributed by atoms with Crippen molar-refractivity contribution in [3.8, 4) is 16.8 Å². The first kappa shape index (κ1) is 88.6. The normalized spacial score (nSPS) is 12.6.